The van der Waals surface area contributed by atoms with Crippen LogP contribution in [0.4, 0.5) is 0 Å². The summed E-state index contributed by atoms with van der Waals surface area (Å²) in [5.74, 6) is 1.90. The van der Waals surface area contributed by atoms with Gasteiger partial charge >= 0.3 is 0 Å². The van der Waals surface area contributed by atoms with E-state index in [0.29, 0.717) is 11.8 Å². The van der Waals surface area contributed by atoms with Crippen molar-refractivity contribution in [3.05, 3.63) is 35.4 Å². The second kappa shape index (κ2) is 5.78. The van der Waals surface area contributed by atoms with Crippen molar-refractivity contribution >= 4 is 17.7 Å². The zero-order chi connectivity index (χ0) is 14.1. The lowest BCUT2D eigenvalue weighted by molar-refractivity contribution is 0.0752. The predicted octanol–water partition coefficient (Wildman–Crippen LogP) is 2.39. The predicted molar refractivity (Wildman–Crippen MR) is 81.8 cm³/mol. The zero-order valence-corrected chi connectivity index (χ0v) is 12.6. The molecule has 2 aliphatic rings. The van der Waals surface area contributed by atoms with Crippen LogP contribution in [0, 0.1) is 11.8 Å². The normalized spacial score (nSPS) is 28.7. The van der Waals surface area contributed by atoms with Crippen molar-refractivity contribution in [3.8, 4) is 0 Å². The minimum Gasteiger partial charge on any atom is -0.393 e. The van der Waals surface area contributed by atoms with Crippen molar-refractivity contribution in [3.63, 3.8) is 0 Å². The number of amides is 1. The lowest BCUT2D eigenvalue weighted by Gasteiger charge is -2.18. The van der Waals surface area contributed by atoms with Gasteiger partial charge in [0.05, 0.1) is 6.10 Å². The lowest BCUT2D eigenvalue weighted by Crippen LogP contribution is -2.31. The Labute approximate surface area is 124 Å². The number of carbonyl (C=O) groups is 1. The quantitative estimate of drug-likeness (QED) is 0.929. The third-order valence-electron chi connectivity index (χ3n) is 4.62. The first-order chi connectivity index (χ1) is 9.69. The highest BCUT2D eigenvalue weighted by molar-refractivity contribution is 7.97. The van der Waals surface area contributed by atoms with Crippen LogP contribution >= 0.6 is 11.8 Å². The summed E-state index contributed by atoms with van der Waals surface area (Å²) in [7, 11) is 0. The van der Waals surface area contributed by atoms with Gasteiger partial charge in [-0.3, -0.25) is 4.79 Å². The van der Waals surface area contributed by atoms with E-state index in [1.54, 1.807) is 11.8 Å². The van der Waals surface area contributed by atoms with Gasteiger partial charge in [-0.05, 0) is 42.7 Å². The highest BCUT2D eigenvalue weighted by Gasteiger charge is 2.43. The van der Waals surface area contributed by atoms with E-state index in [1.165, 1.54) is 5.56 Å². The molecule has 1 N–H and O–H groups in total. The van der Waals surface area contributed by atoms with Gasteiger partial charge < -0.3 is 10.0 Å². The molecular weight excluding hydrogens is 270 g/mol. The van der Waals surface area contributed by atoms with E-state index < -0.39 is 0 Å². The highest BCUT2D eigenvalue weighted by atomic mass is 32.2. The summed E-state index contributed by atoms with van der Waals surface area (Å²) in [4.78, 5) is 14.4. The Bertz CT molecular complexity index is 488. The molecule has 1 heterocycles. The maximum Gasteiger partial charge on any atom is 0.253 e. The van der Waals surface area contributed by atoms with Crippen molar-refractivity contribution in [1.82, 2.24) is 4.90 Å². The van der Waals surface area contributed by atoms with Crippen molar-refractivity contribution in [2.24, 2.45) is 11.8 Å². The molecule has 3 atom stereocenters. The molecular formula is C16H21NO2S. The van der Waals surface area contributed by atoms with E-state index >= 15 is 0 Å². The van der Waals surface area contributed by atoms with E-state index in [9.17, 15) is 9.90 Å². The van der Waals surface area contributed by atoms with Crippen LogP contribution in [-0.4, -0.2) is 41.4 Å². The smallest absolute Gasteiger partial charge is 0.253 e. The van der Waals surface area contributed by atoms with Gasteiger partial charge in [0.15, 0.2) is 0 Å². The maximum atomic E-state index is 12.5. The van der Waals surface area contributed by atoms with Gasteiger partial charge in [0.25, 0.3) is 5.91 Å². The molecule has 0 bridgehead atoms. The first-order valence-electron chi connectivity index (χ1n) is 7.24. The zero-order valence-electron chi connectivity index (χ0n) is 11.8. The van der Waals surface area contributed by atoms with E-state index in [0.717, 1.165) is 37.2 Å². The molecule has 1 saturated heterocycles. The number of aliphatic hydroxyl groups is 1. The Balaban J connectivity index is 1.67. The number of thioether (sulfide) groups is 1. The first kappa shape index (κ1) is 14.0. The van der Waals surface area contributed by atoms with Gasteiger partial charge in [0.2, 0.25) is 0 Å². The van der Waals surface area contributed by atoms with Gasteiger partial charge in [0.1, 0.15) is 0 Å². The molecule has 1 aliphatic heterocycles. The molecule has 1 amide bonds. The maximum absolute atomic E-state index is 12.5. The number of likely N-dealkylation sites (tertiary alicyclic amines) is 1. The number of rotatable bonds is 3. The molecule has 2 fully saturated rings. The fraction of sp³-hybridized carbons (Fsp3) is 0.562. The monoisotopic (exact) mass is 291 g/mol. The lowest BCUT2D eigenvalue weighted by atomic mass is 10.00. The van der Waals surface area contributed by atoms with Crippen LogP contribution in [0.5, 0.6) is 0 Å². The Morgan fingerprint density at radius 2 is 2.05 bits per heavy atom. The van der Waals surface area contributed by atoms with Crippen molar-refractivity contribution in [2.75, 3.05) is 19.3 Å². The Kier molecular flexibility index (Phi) is 4.03. The number of benzene rings is 1. The first-order valence-corrected chi connectivity index (χ1v) is 8.63. The summed E-state index contributed by atoms with van der Waals surface area (Å²) in [6, 6.07) is 7.93. The van der Waals surface area contributed by atoms with Crippen LogP contribution in [0.2, 0.25) is 0 Å². The molecule has 108 valence electrons. The largest absolute Gasteiger partial charge is 0.393 e. The Morgan fingerprint density at radius 3 is 2.70 bits per heavy atom. The van der Waals surface area contributed by atoms with Crippen LogP contribution in [0.3, 0.4) is 0 Å². The molecule has 0 aromatic heterocycles. The summed E-state index contributed by atoms with van der Waals surface area (Å²) in [6.07, 6.45) is 3.83. The molecule has 0 spiro atoms. The van der Waals surface area contributed by atoms with Gasteiger partial charge in [-0.15, -0.1) is 0 Å². The summed E-state index contributed by atoms with van der Waals surface area (Å²) in [6.45, 7) is 1.53. The summed E-state index contributed by atoms with van der Waals surface area (Å²) < 4.78 is 0. The molecule has 20 heavy (non-hydrogen) atoms. The Morgan fingerprint density at radius 1 is 1.30 bits per heavy atom. The minimum atomic E-state index is -0.207. The summed E-state index contributed by atoms with van der Waals surface area (Å²) >= 11 is 1.78. The van der Waals surface area contributed by atoms with Crippen LogP contribution in [0.25, 0.3) is 0 Å². The van der Waals surface area contributed by atoms with Crippen LogP contribution in [0.15, 0.2) is 24.3 Å². The molecule has 1 saturated carbocycles. The van der Waals surface area contributed by atoms with Gasteiger partial charge in [0, 0.05) is 30.3 Å². The van der Waals surface area contributed by atoms with E-state index in [1.807, 2.05) is 29.2 Å². The van der Waals surface area contributed by atoms with E-state index in [-0.39, 0.29) is 12.0 Å². The van der Waals surface area contributed by atoms with Gasteiger partial charge in [-0.25, -0.2) is 0 Å². The average Bonchev–Trinajstić information content (AvgIpc) is 3.02. The minimum absolute atomic E-state index is 0.113. The Hall–Kier alpha value is -1.00. The van der Waals surface area contributed by atoms with E-state index in [2.05, 4.69) is 6.26 Å². The number of hydrogen-bond acceptors (Lipinski definition) is 3. The fourth-order valence-corrected chi connectivity index (χ4v) is 4.02. The highest BCUT2D eigenvalue weighted by Crippen LogP contribution is 2.38. The molecule has 4 heteroatoms. The molecule has 3 rings (SSSR count). The molecule has 0 radical (unpaired) electrons. The van der Waals surface area contributed by atoms with Gasteiger partial charge in [-0.2, -0.15) is 11.8 Å². The van der Waals surface area contributed by atoms with E-state index in [4.69, 9.17) is 0 Å². The number of nitrogens with zero attached hydrogens (tertiary/aromatic N) is 1. The standard InChI is InChI=1S/C16H21NO2S/c1-20-10-11-2-4-12(5-3-11)16(19)17-8-13-6-7-15(18)14(13)9-17/h2-5,13-15,18H,6-10H2,1H3. The summed E-state index contributed by atoms with van der Waals surface area (Å²) in [5, 5.41) is 9.92. The van der Waals surface area contributed by atoms with Crippen molar-refractivity contribution in [1.29, 1.82) is 0 Å². The second-order valence-corrected chi connectivity index (χ2v) is 6.77. The number of aliphatic hydroxyl groups excluding tert-OH is 1. The molecule has 3 unspecified atom stereocenters. The second-order valence-electron chi connectivity index (χ2n) is 5.91. The topological polar surface area (TPSA) is 40.5 Å². The third-order valence-corrected chi connectivity index (χ3v) is 5.24. The number of fused-ring (bicyclic) bond motifs is 1. The molecule has 1 aromatic carbocycles. The molecule has 3 nitrogen and oxygen atoms in total. The van der Waals surface area contributed by atoms with Crippen LogP contribution in [0.1, 0.15) is 28.8 Å². The molecule has 1 aliphatic carbocycles. The SMILES string of the molecule is CSCc1ccc(C(=O)N2CC3CCC(O)C3C2)cc1. The van der Waals surface area contributed by atoms with Crippen LogP contribution < -0.4 is 0 Å². The number of carbonyl (C=O) groups excluding carboxylic acids is 1. The van der Waals surface area contributed by atoms with Crippen molar-refractivity contribution in [2.45, 2.75) is 24.7 Å². The summed E-state index contributed by atoms with van der Waals surface area (Å²) in [5.41, 5.74) is 2.02. The molecule has 1 aromatic rings. The fourth-order valence-electron chi connectivity index (χ4n) is 3.50. The van der Waals surface area contributed by atoms with Crippen LogP contribution in [-0.2, 0) is 5.75 Å². The van der Waals surface area contributed by atoms with Gasteiger partial charge in [-0.1, -0.05) is 12.1 Å². The third kappa shape index (κ3) is 2.59. The average molecular weight is 291 g/mol. The number of hydrogen-bond donors (Lipinski definition) is 1. The van der Waals surface area contributed by atoms with Crippen molar-refractivity contribution < 1.29 is 9.90 Å².